The summed E-state index contributed by atoms with van der Waals surface area (Å²) in [4.78, 5) is 0. The van der Waals surface area contributed by atoms with Crippen LogP contribution in [-0.4, -0.2) is 80.0 Å². The van der Waals surface area contributed by atoms with Crippen LogP contribution >= 0.6 is 31.7 Å². The first-order chi connectivity index (χ1) is 8.93. The van der Waals surface area contributed by atoms with Gasteiger partial charge in [-0.05, 0) is 80.0 Å². The van der Waals surface area contributed by atoms with Crippen LogP contribution in [0, 0.1) is 0 Å². The van der Waals surface area contributed by atoms with Crippen molar-refractivity contribution in [3.63, 3.8) is 0 Å². The summed E-state index contributed by atoms with van der Waals surface area (Å²) in [6, 6.07) is 0. The Morgan fingerprint density at radius 2 is 0.333 bits per heavy atom. The molecule has 0 unspecified atom stereocenters. The van der Waals surface area contributed by atoms with Gasteiger partial charge < -0.3 is 0 Å². The van der Waals surface area contributed by atoms with Crippen LogP contribution in [0.4, 0.5) is 0 Å². The van der Waals surface area contributed by atoms with Crippen LogP contribution < -0.4 is 0 Å². The van der Waals surface area contributed by atoms with Gasteiger partial charge in [-0.1, -0.05) is 0 Å². The molecule has 21 heavy (non-hydrogen) atoms. The van der Waals surface area contributed by atoms with Crippen molar-refractivity contribution in [2.45, 2.75) is 0 Å². The molecule has 0 spiro atoms. The molecule has 134 valence electrons. The van der Waals surface area contributed by atoms with E-state index in [1.165, 1.54) is 0 Å². The van der Waals surface area contributed by atoms with E-state index in [1.54, 1.807) is 0 Å². The molecule has 0 radical (unpaired) electrons. The average molecular weight is 456 g/mol. The average Bonchev–Trinajstić information content (AvgIpc) is 2.19. The van der Waals surface area contributed by atoms with Crippen LogP contribution in [0.25, 0.3) is 0 Å². The van der Waals surface area contributed by atoms with Gasteiger partial charge in [-0.15, -0.1) is 58.0 Å². The fraction of sp³-hybridized carbons (Fsp3) is 0.750. The summed E-state index contributed by atoms with van der Waals surface area (Å²) in [7, 11) is 1.52. The smallest absolute Gasteiger partial charge is 0 e. The standard InChI is InChI=1S/4C3H9P.2C2H4.Mo/c4*1-4(2)3;2*1-2;/h4*1-3H3;2*1-2H2;. The monoisotopic (exact) mass is 458 g/mol. The summed E-state index contributed by atoms with van der Waals surface area (Å²) in [5.74, 6) is 0. The summed E-state index contributed by atoms with van der Waals surface area (Å²) < 4.78 is 0. The van der Waals surface area contributed by atoms with Crippen molar-refractivity contribution >= 4 is 31.7 Å². The van der Waals surface area contributed by atoms with Crippen molar-refractivity contribution in [3.05, 3.63) is 26.3 Å². The molecule has 0 saturated heterocycles. The molecule has 5 heteroatoms. The Balaban J connectivity index is -0.0000000227. The molecule has 0 N–H and O–H groups in total. The molecule has 0 fully saturated rings. The van der Waals surface area contributed by atoms with E-state index in [2.05, 4.69) is 106 Å². The topological polar surface area (TPSA) is 0 Å². The maximum atomic E-state index is 3.00. The van der Waals surface area contributed by atoms with Gasteiger partial charge in [0.15, 0.2) is 0 Å². The summed E-state index contributed by atoms with van der Waals surface area (Å²) in [6.45, 7) is 38.8. The molecule has 0 aliphatic carbocycles. The quantitative estimate of drug-likeness (QED) is 0.209. The van der Waals surface area contributed by atoms with Crippen molar-refractivity contribution in [3.8, 4) is 0 Å². The van der Waals surface area contributed by atoms with E-state index in [1.807, 2.05) is 0 Å². The van der Waals surface area contributed by atoms with E-state index in [-0.39, 0.29) is 21.1 Å². The van der Waals surface area contributed by atoms with E-state index in [9.17, 15) is 0 Å². The van der Waals surface area contributed by atoms with Crippen LogP contribution in [0.15, 0.2) is 26.3 Å². The maximum absolute atomic E-state index is 3.00. The molecule has 0 saturated carbocycles. The molecule has 0 aliphatic heterocycles. The van der Waals surface area contributed by atoms with E-state index in [0.717, 1.165) is 0 Å². The van der Waals surface area contributed by atoms with Gasteiger partial charge in [0.25, 0.3) is 0 Å². The molecular formula is C16H44MoP4. The number of hydrogen-bond acceptors (Lipinski definition) is 0. The molecule has 0 bridgehead atoms. The second-order valence-corrected chi connectivity index (χ2v) is 16.1. The van der Waals surface area contributed by atoms with E-state index in [0.29, 0.717) is 31.7 Å². The Labute approximate surface area is 158 Å². The third-order valence-corrected chi connectivity index (χ3v) is 0. The summed E-state index contributed by atoms with van der Waals surface area (Å²) >= 11 is 0. The molecule has 0 aromatic rings. The van der Waals surface area contributed by atoms with Crippen molar-refractivity contribution in [2.75, 3.05) is 80.0 Å². The first-order valence-corrected chi connectivity index (χ1v) is 17.1. The normalized spacial score (nSPS) is 7.24. The van der Waals surface area contributed by atoms with Gasteiger partial charge in [0.1, 0.15) is 0 Å². The minimum atomic E-state index is 0. The first kappa shape index (κ1) is 43.4. The minimum absolute atomic E-state index is 0. The first-order valence-electron chi connectivity index (χ1n) is 6.37. The van der Waals surface area contributed by atoms with Crippen molar-refractivity contribution in [1.29, 1.82) is 0 Å². The van der Waals surface area contributed by atoms with Crippen LogP contribution in [0.2, 0.25) is 0 Å². The molecule has 0 aromatic carbocycles. The van der Waals surface area contributed by atoms with Crippen molar-refractivity contribution < 1.29 is 21.1 Å². The maximum Gasteiger partial charge on any atom is 0 e. The second-order valence-electron chi connectivity index (χ2n) is 5.37. The summed E-state index contributed by atoms with van der Waals surface area (Å²) in [5, 5.41) is 0. The van der Waals surface area contributed by atoms with Crippen LogP contribution in [0.1, 0.15) is 0 Å². The Morgan fingerprint density at radius 1 is 0.333 bits per heavy atom. The summed E-state index contributed by atoms with van der Waals surface area (Å²) in [6.07, 6.45) is 0. The zero-order chi connectivity index (χ0) is 18.3. The SMILES string of the molecule is C=C.C=C.CP(C)C.CP(C)C.CP(C)C.CP(C)C.[Mo]. The molecule has 0 nitrogen and oxygen atoms in total. The zero-order valence-corrected chi connectivity index (χ0v) is 22.6. The number of hydrogen-bond donors (Lipinski definition) is 0. The molecule has 0 aromatic heterocycles. The molecule has 0 heterocycles. The van der Waals surface area contributed by atoms with Gasteiger partial charge in [0.05, 0.1) is 0 Å². The van der Waals surface area contributed by atoms with Crippen molar-refractivity contribution in [2.24, 2.45) is 0 Å². The Morgan fingerprint density at radius 3 is 0.333 bits per heavy atom. The second kappa shape index (κ2) is 49.5. The third-order valence-electron chi connectivity index (χ3n) is 0. The Hall–Kier alpha value is 1.89. The van der Waals surface area contributed by atoms with Gasteiger partial charge in [0, 0.05) is 21.1 Å². The van der Waals surface area contributed by atoms with Crippen LogP contribution in [0.3, 0.4) is 0 Å². The van der Waals surface area contributed by atoms with Crippen LogP contribution in [0.5, 0.6) is 0 Å². The van der Waals surface area contributed by atoms with Gasteiger partial charge in [-0.3, -0.25) is 0 Å². The fourth-order valence-corrected chi connectivity index (χ4v) is 0. The van der Waals surface area contributed by atoms with Crippen molar-refractivity contribution in [1.82, 2.24) is 0 Å². The van der Waals surface area contributed by atoms with Crippen LogP contribution in [-0.2, 0) is 21.1 Å². The third kappa shape index (κ3) is 2430. The van der Waals surface area contributed by atoms with E-state index < -0.39 is 0 Å². The number of rotatable bonds is 0. The molecular weight excluding hydrogens is 412 g/mol. The summed E-state index contributed by atoms with van der Waals surface area (Å²) in [5.41, 5.74) is 0. The zero-order valence-electron chi connectivity index (χ0n) is 17.0. The largest absolute Gasteiger partial charge is 0.116 e. The predicted molar refractivity (Wildman–Crippen MR) is 121 cm³/mol. The molecule has 0 atom stereocenters. The molecule has 0 amide bonds. The van der Waals surface area contributed by atoms with Gasteiger partial charge in [-0.2, -0.15) is 0 Å². The Kier molecular flexibility index (Phi) is 102. The van der Waals surface area contributed by atoms with Gasteiger partial charge in [0.2, 0.25) is 0 Å². The molecule has 0 rings (SSSR count). The van der Waals surface area contributed by atoms with Gasteiger partial charge >= 0.3 is 0 Å². The van der Waals surface area contributed by atoms with E-state index >= 15 is 0 Å². The van der Waals surface area contributed by atoms with E-state index in [4.69, 9.17) is 0 Å². The Bertz CT molecular complexity index is 81.8. The predicted octanol–water partition coefficient (Wildman–Crippen LogP) is 7.03. The van der Waals surface area contributed by atoms with Gasteiger partial charge in [-0.25, -0.2) is 0 Å². The fourth-order valence-electron chi connectivity index (χ4n) is 0. The minimum Gasteiger partial charge on any atom is -0.116 e. The molecule has 0 aliphatic rings.